The fraction of sp³-hybridized carbons (Fsp3) is 0.357. The lowest BCUT2D eigenvalue weighted by atomic mass is 10.1. The van der Waals surface area contributed by atoms with Crippen LogP contribution in [0.25, 0.3) is 0 Å². The minimum Gasteiger partial charge on any atom is -0.496 e. The predicted molar refractivity (Wildman–Crippen MR) is 79.5 cm³/mol. The molecule has 102 valence electrons. The Hall–Kier alpha value is -1.33. The Morgan fingerprint density at radius 2 is 2.26 bits per heavy atom. The van der Waals surface area contributed by atoms with Crippen LogP contribution in [-0.4, -0.2) is 23.7 Å². The van der Waals surface area contributed by atoms with Gasteiger partial charge in [-0.2, -0.15) is 0 Å². The molecule has 0 aliphatic carbocycles. The number of ether oxygens (including phenoxy) is 1. The van der Waals surface area contributed by atoms with Crippen LogP contribution in [0.4, 0.5) is 0 Å². The molecule has 1 heterocycles. The number of imidazole rings is 1. The maximum atomic E-state index is 5.47. The molecule has 0 amide bonds. The highest BCUT2D eigenvalue weighted by Gasteiger charge is 2.20. The summed E-state index contributed by atoms with van der Waals surface area (Å²) in [7, 11) is 3.62. The van der Waals surface area contributed by atoms with Crippen molar-refractivity contribution < 1.29 is 4.74 Å². The van der Waals surface area contributed by atoms with Crippen LogP contribution in [0.15, 0.2) is 35.1 Å². The van der Waals surface area contributed by atoms with Crippen LogP contribution in [0.5, 0.6) is 5.75 Å². The molecule has 19 heavy (non-hydrogen) atoms. The van der Waals surface area contributed by atoms with E-state index in [1.54, 1.807) is 7.11 Å². The Labute approximate surface area is 121 Å². The van der Waals surface area contributed by atoms with Crippen LogP contribution in [0.2, 0.25) is 0 Å². The maximum absolute atomic E-state index is 5.47. The summed E-state index contributed by atoms with van der Waals surface area (Å²) in [5.41, 5.74) is 1.08. The number of methoxy groups -OCH3 is 1. The molecule has 0 aliphatic rings. The molecule has 0 spiro atoms. The first-order chi connectivity index (χ1) is 9.21. The summed E-state index contributed by atoms with van der Waals surface area (Å²) in [4.78, 5) is 4.47. The Balaban J connectivity index is 2.48. The van der Waals surface area contributed by atoms with Gasteiger partial charge < -0.3 is 14.6 Å². The number of aromatic nitrogens is 2. The number of hydrogen-bond donors (Lipinski definition) is 1. The summed E-state index contributed by atoms with van der Waals surface area (Å²) in [5, 5.41) is 3.31. The Kier molecular flexibility index (Phi) is 4.61. The van der Waals surface area contributed by atoms with Crippen molar-refractivity contribution in [3.63, 3.8) is 0 Å². The molecule has 1 unspecified atom stereocenters. The van der Waals surface area contributed by atoms with E-state index in [1.165, 1.54) is 0 Å². The molecule has 2 rings (SSSR count). The quantitative estimate of drug-likeness (QED) is 0.919. The standard InChI is InChI=1S/C14H18BrN3O/c1-4-18-8-7-17-14(18)13(16-2)11-6-5-10(15)9-12(11)19-3/h5-9,13,16H,4H2,1-3H3. The molecular formula is C14H18BrN3O. The van der Waals surface area contributed by atoms with Crippen LogP contribution < -0.4 is 10.1 Å². The highest BCUT2D eigenvalue weighted by molar-refractivity contribution is 9.10. The van der Waals surface area contributed by atoms with E-state index in [-0.39, 0.29) is 6.04 Å². The molecule has 0 saturated heterocycles. The van der Waals surface area contributed by atoms with E-state index in [1.807, 2.05) is 31.6 Å². The van der Waals surface area contributed by atoms with Gasteiger partial charge in [-0.15, -0.1) is 0 Å². The van der Waals surface area contributed by atoms with Crippen molar-refractivity contribution in [2.45, 2.75) is 19.5 Å². The van der Waals surface area contributed by atoms with Gasteiger partial charge in [-0.3, -0.25) is 0 Å². The van der Waals surface area contributed by atoms with E-state index < -0.39 is 0 Å². The van der Waals surface area contributed by atoms with Crippen molar-refractivity contribution >= 4 is 15.9 Å². The molecule has 4 nitrogen and oxygen atoms in total. The van der Waals surface area contributed by atoms with Gasteiger partial charge in [0, 0.05) is 29.0 Å². The highest BCUT2D eigenvalue weighted by Crippen LogP contribution is 2.31. The van der Waals surface area contributed by atoms with Gasteiger partial charge in [0.15, 0.2) is 0 Å². The molecule has 1 aromatic heterocycles. The topological polar surface area (TPSA) is 39.1 Å². The van der Waals surface area contributed by atoms with Gasteiger partial charge in [0.2, 0.25) is 0 Å². The summed E-state index contributed by atoms with van der Waals surface area (Å²) in [5.74, 6) is 1.84. The molecule has 1 N–H and O–H groups in total. The van der Waals surface area contributed by atoms with E-state index >= 15 is 0 Å². The third kappa shape index (κ3) is 2.82. The number of aryl methyl sites for hydroxylation is 1. The summed E-state index contributed by atoms with van der Waals surface area (Å²) in [6, 6.07) is 6.05. The van der Waals surface area contributed by atoms with Gasteiger partial charge in [0.1, 0.15) is 11.6 Å². The lowest BCUT2D eigenvalue weighted by Gasteiger charge is -2.20. The second-order valence-electron chi connectivity index (χ2n) is 4.18. The van der Waals surface area contributed by atoms with E-state index in [9.17, 15) is 0 Å². The van der Waals surface area contributed by atoms with Crippen molar-refractivity contribution in [1.82, 2.24) is 14.9 Å². The van der Waals surface area contributed by atoms with E-state index in [0.29, 0.717) is 0 Å². The van der Waals surface area contributed by atoms with Crippen LogP contribution in [0.3, 0.4) is 0 Å². The van der Waals surface area contributed by atoms with E-state index in [4.69, 9.17) is 4.74 Å². The third-order valence-electron chi connectivity index (χ3n) is 3.14. The van der Waals surface area contributed by atoms with Gasteiger partial charge in [0.25, 0.3) is 0 Å². The minimum atomic E-state index is 0.0120. The number of benzene rings is 1. The zero-order valence-corrected chi connectivity index (χ0v) is 12.9. The average molecular weight is 324 g/mol. The zero-order valence-electron chi connectivity index (χ0n) is 11.4. The number of hydrogen-bond acceptors (Lipinski definition) is 3. The average Bonchev–Trinajstić information content (AvgIpc) is 2.89. The second-order valence-corrected chi connectivity index (χ2v) is 5.10. The van der Waals surface area contributed by atoms with Gasteiger partial charge >= 0.3 is 0 Å². The van der Waals surface area contributed by atoms with Gasteiger partial charge in [-0.1, -0.05) is 22.0 Å². The Bertz CT molecular complexity index is 553. The SMILES string of the molecule is CCn1ccnc1C(NC)c1ccc(Br)cc1OC. The molecule has 1 atom stereocenters. The van der Waals surface area contributed by atoms with E-state index in [2.05, 4.69) is 43.8 Å². The second kappa shape index (κ2) is 6.21. The van der Waals surface area contributed by atoms with Crippen LogP contribution in [-0.2, 0) is 6.54 Å². The number of nitrogens with one attached hydrogen (secondary N) is 1. The summed E-state index contributed by atoms with van der Waals surface area (Å²) >= 11 is 3.46. The van der Waals surface area contributed by atoms with Gasteiger partial charge in [-0.05, 0) is 26.1 Å². The molecule has 0 aliphatic heterocycles. The largest absolute Gasteiger partial charge is 0.496 e. The van der Waals surface area contributed by atoms with E-state index in [0.717, 1.165) is 28.2 Å². The fourth-order valence-electron chi connectivity index (χ4n) is 2.20. The number of halogens is 1. The third-order valence-corrected chi connectivity index (χ3v) is 3.64. The molecule has 0 fully saturated rings. The van der Waals surface area contributed by atoms with Crippen molar-refractivity contribution in [3.8, 4) is 5.75 Å². The molecule has 0 radical (unpaired) electrons. The predicted octanol–water partition coefficient (Wildman–Crippen LogP) is 2.98. The smallest absolute Gasteiger partial charge is 0.130 e. The van der Waals surface area contributed by atoms with Crippen LogP contribution >= 0.6 is 15.9 Å². The van der Waals surface area contributed by atoms with Crippen LogP contribution in [0, 0.1) is 0 Å². The maximum Gasteiger partial charge on any atom is 0.130 e. The molecule has 5 heteroatoms. The number of rotatable bonds is 5. The molecule has 2 aromatic rings. The van der Waals surface area contributed by atoms with Gasteiger partial charge in [0.05, 0.1) is 13.2 Å². The first-order valence-corrected chi connectivity index (χ1v) is 7.02. The first-order valence-electron chi connectivity index (χ1n) is 6.23. The molecule has 1 aromatic carbocycles. The monoisotopic (exact) mass is 323 g/mol. The Morgan fingerprint density at radius 1 is 1.47 bits per heavy atom. The number of nitrogens with zero attached hydrogens (tertiary/aromatic N) is 2. The zero-order chi connectivity index (χ0) is 13.8. The highest BCUT2D eigenvalue weighted by atomic mass is 79.9. The summed E-state index contributed by atoms with van der Waals surface area (Å²) in [6.45, 7) is 3.00. The van der Waals surface area contributed by atoms with Crippen molar-refractivity contribution in [1.29, 1.82) is 0 Å². The Morgan fingerprint density at radius 3 is 2.89 bits per heavy atom. The van der Waals surface area contributed by atoms with Crippen molar-refractivity contribution in [2.24, 2.45) is 0 Å². The minimum absolute atomic E-state index is 0.0120. The summed E-state index contributed by atoms with van der Waals surface area (Å²) in [6.07, 6.45) is 3.82. The first kappa shape index (κ1) is 14.1. The normalized spacial score (nSPS) is 12.4. The fourth-order valence-corrected chi connectivity index (χ4v) is 2.54. The molecular weight excluding hydrogens is 306 g/mol. The summed E-state index contributed by atoms with van der Waals surface area (Å²) < 4.78 is 8.60. The van der Waals surface area contributed by atoms with Crippen LogP contribution in [0.1, 0.15) is 24.4 Å². The molecule has 0 bridgehead atoms. The molecule has 0 saturated carbocycles. The van der Waals surface area contributed by atoms with Gasteiger partial charge in [-0.25, -0.2) is 4.98 Å². The lowest BCUT2D eigenvalue weighted by molar-refractivity contribution is 0.403. The van der Waals surface area contributed by atoms with Crippen molar-refractivity contribution in [2.75, 3.05) is 14.2 Å². The lowest BCUT2D eigenvalue weighted by Crippen LogP contribution is -2.22. The van der Waals surface area contributed by atoms with Crippen molar-refractivity contribution in [3.05, 3.63) is 46.5 Å².